The monoisotopic (exact) mass is 430 g/mol. The summed E-state index contributed by atoms with van der Waals surface area (Å²) in [6.07, 6.45) is 1.48. The molecular formula is C25H19ClN2O3. The number of halogens is 1. The van der Waals surface area contributed by atoms with Crippen molar-refractivity contribution in [2.75, 3.05) is 9.80 Å². The molecule has 0 bridgehead atoms. The zero-order chi connectivity index (χ0) is 22.1. The minimum absolute atomic E-state index is 0.108. The Balaban J connectivity index is 1.85. The Kier molecular flexibility index (Phi) is 5.44. The third-order valence-corrected chi connectivity index (χ3v) is 5.27. The van der Waals surface area contributed by atoms with E-state index in [4.69, 9.17) is 11.6 Å². The minimum atomic E-state index is -0.712. The smallest absolute Gasteiger partial charge is 0.268 e. The number of aryl methyl sites for hydroxylation is 2. The summed E-state index contributed by atoms with van der Waals surface area (Å²) >= 11 is 5.95. The second-order valence-corrected chi connectivity index (χ2v) is 7.78. The predicted octanol–water partition coefficient (Wildman–Crippen LogP) is 5.54. The van der Waals surface area contributed by atoms with E-state index in [0.717, 1.165) is 20.9 Å². The van der Waals surface area contributed by atoms with Gasteiger partial charge in [-0.2, -0.15) is 0 Å². The topological polar surface area (TPSA) is 57.7 Å². The van der Waals surface area contributed by atoms with Crippen molar-refractivity contribution in [3.05, 3.63) is 100 Å². The molecule has 3 aromatic rings. The van der Waals surface area contributed by atoms with E-state index in [0.29, 0.717) is 22.0 Å². The third kappa shape index (κ3) is 4.00. The first kappa shape index (κ1) is 20.6. The van der Waals surface area contributed by atoms with Crippen LogP contribution in [0.5, 0.6) is 0 Å². The Morgan fingerprint density at radius 3 is 1.48 bits per heavy atom. The number of anilines is 2. The van der Waals surface area contributed by atoms with Crippen LogP contribution in [0.3, 0.4) is 0 Å². The molecule has 0 aromatic heterocycles. The van der Waals surface area contributed by atoms with Crippen molar-refractivity contribution in [1.82, 2.24) is 0 Å². The van der Waals surface area contributed by atoms with Crippen molar-refractivity contribution < 1.29 is 14.4 Å². The Morgan fingerprint density at radius 1 is 0.645 bits per heavy atom. The van der Waals surface area contributed by atoms with Crippen LogP contribution in [0.1, 0.15) is 16.7 Å². The largest absolute Gasteiger partial charge is 0.343 e. The van der Waals surface area contributed by atoms with Crippen LogP contribution in [0, 0.1) is 13.8 Å². The number of urea groups is 1. The molecule has 4 rings (SSSR count). The molecule has 0 N–H and O–H groups in total. The highest BCUT2D eigenvalue weighted by atomic mass is 35.5. The summed E-state index contributed by atoms with van der Waals surface area (Å²) in [4.78, 5) is 42.0. The van der Waals surface area contributed by atoms with Gasteiger partial charge in [-0.15, -0.1) is 0 Å². The molecule has 1 aliphatic heterocycles. The van der Waals surface area contributed by atoms with Crippen LogP contribution in [0.25, 0.3) is 6.08 Å². The van der Waals surface area contributed by atoms with Crippen molar-refractivity contribution in [2.45, 2.75) is 13.8 Å². The van der Waals surface area contributed by atoms with E-state index >= 15 is 0 Å². The number of carbonyl (C=O) groups excluding carboxylic acids is 3. The molecule has 154 valence electrons. The summed E-state index contributed by atoms with van der Waals surface area (Å²) in [5, 5.41) is 0.543. The zero-order valence-corrected chi connectivity index (χ0v) is 17.8. The Labute approximate surface area is 185 Å². The molecule has 4 amide bonds. The van der Waals surface area contributed by atoms with Crippen LogP contribution in [-0.2, 0) is 9.59 Å². The number of hydrogen-bond acceptors (Lipinski definition) is 3. The number of barbiturate groups is 1. The first-order chi connectivity index (χ1) is 14.8. The highest BCUT2D eigenvalue weighted by molar-refractivity contribution is 6.46. The van der Waals surface area contributed by atoms with E-state index in [-0.39, 0.29) is 5.57 Å². The molecule has 6 heteroatoms. The van der Waals surface area contributed by atoms with Crippen molar-refractivity contribution in [3.8, 4) is 0 Å². The molecule has 0 saturated carbocycles. The van der Waals surface area contributed by atoms with Crippen LogP contribution in [-0.4, -0.2) is 17.8 Å². The lowest BCUT2D eigenvalue weighted by Crippen LogP contribution is -2.57. The highest BCUT2D eigenvalue weighted by Crippen LogP contribution is 2.30. The lowest BCUT2D eigenvalue weighted by molar-refractivity contribution is -0.121. The van der Waals surface area contributed by atoms with E-state index in [1.54, 1.807) is 48.5 Å². The standard InChI is InChI=1S/C25H19ClN2O3/c1-16-3-11-20(12-4-16)27-23(29)22(15-18-7-9-19(26)10-8-18)24(30)28(25(27)31)21-13-5-17(2)6-14-21/h3-15H,1-2H3. The molecule has 5 nitrogen and oxygen atoms in total. The molecule has 1 aliphatic rings. The molecule has 1 fully saturated rings. The number of benzene rings is 3. The second kappa shape index (κ2) is 8.20. The van der Waals surface area contributed by atoms with E-state index in [1.807, 2.05) is 38.1 Å². The van der Waals surface area contributed by atoms with Gasteiger partial charge in [0.15, 0.2) is 0 Å². The number of amides is 4. The van der Waals surface area contributed by atoms with Gasteiger partial charge in [-0.1, -0.05) is 59.1 Å². The van der Waals surface area contributed by atoms with Gasteiger partial charge in [-0.05, 0) is 61.9 Å². The Bertz CT molecular complexity index is 1130. The molecule has 0 aliphatic carbocycles. The van der Waals surface area contributed by atoms with E-state index in [9.17, 15) is 14.4 Å². The van der Waals surface area contributed by atoms with Crippen molar-refractivity contribution in [2.24, 2.45) is 0 Å². The SMILES string of the molecule is Cc1ccc(N2C(=O)C(=Cc3ccc(Cl)cc3)C(=O)N(c3ccc(C)cc3)C2=O)cc1. The van der Waals surface area contributed by atoms with Crippen LogP contribution < -0.4 is 9.80 Å². The predicted molar refractivity (Wildman–Crippen MR) is 122 cm³/mol. The number of imide groups is 2. The third-order valence-electron chi connectivity index (χ3n) is 5.01. The van der Waals surface area contributed by atoms with Gasteiger partial charge in [0.1, 0.15) is 5.57 Å². The number of hydrogen-bond donors (Lipinski definition) is 0. The fourth-order valence-corrected chi connectivity index (χ4v) is 3.42. The molecule has 0 radical (unpaired) electrons. The van der Waals surface area contributed by atoms with Crippen molar-refractivity contribution in [1.29, 1.82) is 0 Å². The van der Waals surface area contributed by atoms with Crippen LogP contribution in [0.2, 0.25) is 5.02 Å². The van der Waals surface area contributed by atoms with E-state index in [2.05, 4.69) is 0 Å². The summed E-state index contributed by atoms with van der Waals surface area (Å²) in [6, 6.07) is 20.0. The maximum absolute atomic E-state index is 13.3. The molecule has 1 heterocycles. The van der Waals surface area contributed by atoms with Crippen LogP contribution in [0.15, 0.2) is 78.4 Å². The fourth-order valence-electron chi connectivity index (χ4n) is 3.30. The normalized spacial score (nSPS) is 14.3. The molecule has 31 heavy (non-hydrogen) atoms. The maximum Gasteiger partial charge on any atom is 0.343 e. The zero-order valence-electron chi connectivity index (χ0n) is 17.0. The highest BCUT2D eigenvalue weighted by Gasteiger charge is 2.43. The lowest BCUT2D eigenvalue weighted by Gasteiger charge is -2.34. The van der Waals surface area contributed by atoms with Gasteiger partial charge in [0.25, 0.3) is 11.8 Å². The molecule has 0 atom stereocenters. The van der Waals surface area contributed by atoms with Gasteiger partial charge in [-0.25, -0.2) is 14.6 Å². The van der Waals surface area contributed by atoms with E-state index < -0.39 is 17.8 Å². The van der Waals surface area contributed by atoms with Crippen molar-refractivity contribution in [3.63, 3.8) is 0 Å². The van der Waals surface area contributed by atoms with Gasteiger partial charge in [-0.3, -0.25) is 9.59 Å². The van der Waals surface area contributed by atoms with Crippen LogP contribution >= 0.6 is 11.6 Å². The molecule has 0 unspecified atom stereocenters. The van der Waals surface area contributed by atoms with Crippen molar-refractivity contribution >= 4 is 46.9 Å². The molecule has 3 aromatic carbocycles. The first-order valence-electron chi connectivity index (χ1n) is 9.68. The Morgan fingerprint density at radius 2 is 1.06 bits per heavy atom. The summed E-state index contributed by atoms with van der Waals surface area (Å²) in [6.45, 7) is 3.83. The summed E-state index contributed by atoms with van der Waals surface area (Å²) in [5.41, 5.74) is 3.29. The van der Waals surface area contributed by atoms with E-state index in [1.165, 1.54) is 6.08 Å². The van der Waals surface area contributed by atoms with Gasteiger partial charge in [0.05, 0.1) is 11.4 Å². The van der Waals surface area contributed by atoms with Gasteiger partial charge >= 0.3 is 6.03 Å². The average Bonchev–Trinajstić information content (AvgIpc) is 2.75. The minimum Gasteiger partial charge on any atom is -0.268 e. The number of rotatable bonds is 3. The molecule has 0 spiro atoms. The second-order valence-electron chi connectivity index (χ2n) is 7.34. The van der Waals surface area contributed by atoms with Gasteiger partial charge in [0, 0.05) is 5.02 Å². The summed E-state index contributed by atoms with van der Waals surface area (Å²) in [5.74, 6) is -1.34. The van der Waals surface area contributed by atoms with Gasteiger partial charge in [0.2, 0.25) is 0 Å². The quantitative estimate of drug-likeness (QED) is 0.405. The fraction of sp³-hybridized carbons (Fsp3) is 0.0800. The number of carbonyl (C=O) groups is 3. The maximum atomic E-state index is 13.3. The lowest BCUT2D eigenvalue weighted by atomic mass is 10.0. The summed E-state index contributed by atoms with van der Waals surface area (Å²) in [7, 11) is 0. The van der Waals surface area contributed by atoms with Gasteiger partial charge < -0.3 is 0 Å². The summed E-state index contributed by atoms with van der Waals surface area (Å²) < 4.78 is 0. The molecule has 1 saturated heterocycles. The molecular weight excluding hydrogens is 412 g/mol. The number of nitrogens with zero attached hydrogens (tertiary/aromatic N) is 2. The van der Waals surface area contributed by atoms with Crippen LogP contribution in [0.4, 0.5) is 16.2 Å². The average molecular weight is 431 g/mol. The Hall–Kier alpha value is -3.70. The first-order valence-corrected chi connectivity index (χ1v) is 10.1.